The van der Waals surface area contributed by atoms with Gasteiger partial charge in [-0.05, 0) is 31.4 Å². The van der Waals surface area contributed by atoms with E-state index in [2.05, 4.69) is 11.9 Å². The van der Waals surface area contributed by atoms with Crippen molar-refractivity contribution in [2.24, 2.45) is 0 Å². The second-order valence-corrected chi connectivity index (χ2v) is 4.50. The topological polar surface area (TPSA) is 33.2 Å². The molecule has 3 nitrogen and oxygen atoms in total. The van der Waals surface area contributed by atoms with Crippen molar-refractivity contribution in [3.63, 3.8) is 0 Å². The third-order valence-corrected chi connectivity index (χ3v) is 3.29. The van der Waals surface area contributed by atoms with Gasteiger partial charge in [-0.2, -0.15) is 0 Å². The van der Waals surface area contributed by atoms with Gasteiger partial charge in [0.25, 0.3) is 5.91 Å². The molecule has 0 aromatic carbocycles. The van der Waals surface area contributed by atoms with E-state index in [1.54, 1.807) is 18.3 Å². The van der Waals surface area contributed by atoms with Crippen LogP contribution < -0.4 is 0 Å². The van der Waals surface area contributed by atoms with Gasteiger partial charge in [0.05, 0.1) is 0 Å². The third-order valence-electron chi connectivity index (χ3n) is 3.05. The van der Waals surface area contributed by atoms with Gasteiger partial charge in [-0.25, -0.2) is 0 Å². The van der Waals surface area contributed by atoms with Crippen LogP contribution in [0.5, 0.6) is 0 Å². The van der Waals surface area contributed by atoms with Crippen LogP contribution >= 0.6 is 11.6 Å². The lowest BCUT2D eigenvalue weighted by Crippen LogP contribution is -2.35. The molecule has 1 fully saturated rings. The van der Waals surface area contributed by atoms with Crippen LogP contribution in [-0.4, -0.2) is 28.4 Å². The SMILES string of the molecule is CCC1CCCN1C(=O)c1cc(Cl)ccn1. The number of amides is 1. The van der Waals surface area contributed by atoms with Gasteiger partial charge in [0.1, 0.15) is 5.69 Å². The average molecular weight is 239 g/mol. The number of hydrogen-bond acceptors (Lipinski definition) is 2. The second kappa shape index (κ2) is 4.83. The van der Waals surface area contributed by atoms with Gasteiger partial charge in [0, 0.05) is 23.8 Å². The molecule has 0 bridgehead atoms. The number of carbonyl (C=O) groups is 1. The molecule has 16 heavy (non-hydrogen) atoms. The summed E-state index contributed by atoms with van der Waals surface area (Å²) in [4.78, 5) is 18.2. The molecule has 0 aliphatic carbocycles. The zero-order valence-electron chi connectivity index (χ0n) is 9.32. The Balaban J connectivity index is 2.18. The first-order valence-corrected chi connectivity index (χ1v) is 6.02. The molecule has 1 aliphatic rings. The molecule has 1 saturated heterocycles. The molecule has 1 atom stereocenters. The highest BCUT2D eigenvalue weighted by molar-refractivity contribution is 6.30. The van der Waals surface area contributed by atoms with Crippen LogP contribution in [0.15, 0.2) is 18.3 Å². The molecule has 86 valence electrons. The Hall–Kier alpha value is -1.09. The van der Waals surface area contributed by atoms with Crippen molar-refractivity contribution in [1.29, 1.82) is 0 Å². The molecule has 1 unspecified atom stereocenters. The Labute approximate surface area is 100 Å². The van der Waals surface area contributed by atoms with Crippen molar-refractivity contribution in [1.82, 2.24) is 9.88 Å². The summed E-state index contributed by atoms with van der Waals surface area (Å²) in [5.41, 5.74) is 0.452. The minimum atomic E-state index is 0.00634. The first-order chi connectivity index (χ1) is 7.72. The molecule has 1 amide bonds. The van der Waals surface area contributed by atoms with E-state index in [1.165, 1.54) is 0 Å². The minimum absolute atomic E-state index is 0.00634. The van der Waals surface area contributed by atoms with Crippen LogP contribution in [0.2, 0.25) is 5.02 Å². The molecule has 0 radical (unpaired) electrons. The van der Waals surface area contributed by atoms with Gasteiger partial charge in [0.2, 0.25) is 0 Å². The van der Waals surface area contributed by atoms with Crippen molar-refractivity contribution in [3.05, 3.63) is 29.0 Å². The largest absolute Gasteiger partial charge is 0.334 e. The molecule has 0 spiro atoms. The second-order valence-electron chi connectivity index (χ2n) is 4.06. The van der Waals surface area contributed by atoms with E-state index in [1.807, 2.05) is 4.90 Å². The number of aromatic nitrogens is 1. The van der Waals surface area contributed by atoms with Gasteiger partial charge >= 0.3 is 0 Å². The smallest absolute Gasteiger partial charge is 0.272 e. The number of rotatable bonds is 2. The Morgan fingerprint density at radius 1 is 1.69 bits per heavy atom. The Morgan fingerprint density at radius 3 is 3.19 bits per heavy atom. The highest BCUT2D eigenvalue weighted by atomic mass is 35.5. The van der Waals surface area contributed by atoms with Crippen LogP contribution in [-0.2, 0) is 0 Å². The van der Waals surface area contributed by atoms with Crippen molar-refractivity contribution in [3.8, 4) is 0 Å². The quantitative estimate of drug-likeness (QED) is 0.794. The number of nitrogens with zero attached hydrogens (tertiary/aromatic N) is 2. The molecule has 0 N–H and O–H groups in total. The first-order valence-electron chi connectivity index (χ1n) is 5.65. The summed E-state index contributed by atoms with van der Waals surface area (Å²) in [6.07, 6.45) is 4.77. The summed E-state index contributed by atoms with van der Waals surface area (Å²) in [6.45, 7) is 2.95. The minimum Gasteiger partial charge on any atom is -0.334 e. The van der Waals surface area contributed by atoms with E-state index in [9.17, 15) is 4.79 Å². The molecule has 1 aromatic heterocycles. The molecule has 2 heterocycles. The fourth-order valence-corrected chi connectivity index (χ4v) is 2.36. The van der Waals surface area contributed by atoms with Crippen LogP contribution in [0.4, 0.5) is 0 Å². The van der Waals surface area contributed by atoms with E-state index in [-0.39, 0.29) is 5.91 Å². The van der Waals surface area contributed by atoms with Gasteiger partial charge in [0.15, 0.2) is 0 Å². The lowest BCUT2D eigenvalue weighted by Gasteiger charge is -2.23. The van der Waals surface area contributed by atoms with Crippen molar-refractivity contribution < 1.29 is 4.79 Å². The number of halogens is 1. The standard InChI is InChI=1S/C12H15ClN2O/c1-2-10-4-3-7-15(10)12(16)11-8-9(13)5-6-14-11/h5-6,8,10H,2-4,7H2,1H3. The van der Waals surface area contributed by atoms with Crippen molar-refractivity contribution >= 4 is 17.5 Å². The molecule has 4 heteroatoms. The van der Waals surface area contributed by atoms with Crippen molar-refractivity contribution in [2.45, 2.75) is 32.2 Å². The maximum atomic E-state index is 12.2. The zero-order chi connectivity index (χ0) is 11.5. The first kappa shape index (κ1) is 11.4. The summed E-state index contributed by atoms with van der Waals surface area (Å²) in [5.74, 6) is 0.00634. The Morgan fingerprint density at radius 2 is 2.50 bits per heavy atom. The molecular formula is C12H15ClN2O. The highest BCUT2D eigenvalue weighted by Gasteiger charge is 2.28. The predicted octanol–water partition coefficient (Wildman–Crippen LogP) is 2.75. The molecule has 1 aliphatic heterocycles. The molecule has 1 aromatic rings. The maximum absolute atomic E-state index is 12.2. The van der Waals surface area contributed by atoms with E-state index < -0.39 is 0 Å². The summed E-state index contributed by atoms with van der Waals surface area (Å²) >= 11 is 5.86. The van der Waals surface area contributed by atoms with E-state index in [0.717, 1.165) is 25.8 Å². The summed E-state index contributed by atoms with van der Waals surface area (Å²) < 4.78 is 0. The van der Waals surface area contributed by atoms with Gasteiger partial charge in [-0.3, -0.25) is 9.78 Å². The summed E-state index contributed by atoms with van der Waals surface area (Å²) in [7, 11) is 0. The van der Waals surface area contributed by atoms with E-state index >= 15 is 0 Å². The highest BCUT2D eigenvalue weighted by Crippen LogP contribution is 2.22. The normalized spacial score (nSPS) is 20.1. The van der Waals surface area contributed by atoms with Crippen molar-refractivity contribution in [2.75, 3.05) is 6.54 Å². The Bertz CT molecular complexity index is 394. The summed E-state index contributed by atoms with van der Waals surface area (Å²) in [5, 5.41) is 0.561. The van der Waals surface area contributed by atoms with Crippen LogP contribution in [0.1, 0.15) is 36.7 Å². The maximum Gasteiger partial charge on any atom is 0.272 e. The number of carbonyl (C=O) groups excluding carboxylic acids is 1. The van der Waals surface area contributed by atoms with Gasteiger partial charge in [-0.15, -0.1) is 0 Å². The number of pyridine rings is 1. The van der Waals surface area contributed by atoms with Crippen LogP contribution in [0, 0.1) is 0 Å². The molecular weight excluding hydrogens is 224 g/mol. The molecule has 0 saturated carbocycles. The summed E-state index contributed by atoms with van der Waals surface area (Å²) in [6, 6.07) is 3.68. The predicted molar refractivity (Wildman–Crippen MR) is 63.6 cm³/mol. The van der Waals surface area contributed by atoms with Gasteiger partial charge < -0.3 is 4.90 Å². The fraction of sp³-hybridized carbons (Fsp3) is 0.500. The van der Waals surface area contributed by atoms with E-state index in [4.69, 9.17) is 11.6 Å². The third kappa shape index (κ3) is 2.19. The average Bonchev–Trinajstić information content (AvgIpc) is 2.76. The fourth-order valence-electron chi connectivity index (χ4n) is 2.20. The van der Waals surface area contributed by atoms with Gasteiger partial charge in [-0.1, -0.05) is 18.5 Å². The zero-order valence-corrected chi connectivity index (χ0v) is 10.1. The lowest BCUT2D eigenvalue weighted by atomic mass is 10.1. The van der Waals surface area contributed by atoms with Crippen LogP contribution in [0.3, 0.4) is 0 Å². The number of hydrogen-bond donors (Lipinski definition) is 0. The lowest BCUT2D eigenvalue weighted by molar-refractivity contribution is 0.0727. The number of likely N-dealkylation sites (tertiary alicyclic amines) is 1. The Kier molecular flexibility index (Phi) is 3.44. The van der Waals surface area contributed by atoms with E-state index in [0.29, 0.717) is 16.8 Å². The van der Waals surface area contributed by atoms with Crippen LogP contribution in [0.25, 0.3) is 0 Å². The molecule has 2 rings (SSSR count). The monoisotopic (exact) mass is 238 g/mol.